The Bertz CT molecular complexity index is 1550. The molecule has 0 aliphatic heterocycles. The molecule has 0 unspecified atom stereocenters. The Kier molecular flexibility index (Phi) is 4.87. The molecule has 8 nitrogen and oxygen atoms in total. The van der Waals surface area contributed by atoms with Crippen LogP contribution in [0.1, 0.15) is 6.42 Å². The lowest BCUT2D eigenvalue weighted by atomic mass is 10.1. The molecule has 0 bridgehead atoms. The van der Waals surface area contributed by atoms with Crippen molar-refractivity contribution in [3.05, 3.63) is 93.6 Å². The predicted molar refractivity (Wildman–Crippen MR) is 124 cm³/mol. The number of hydrogen-bond acceptors (Lipinski definition) is 4. The van der Waals surface area contributed by atoms with E-state index in [1.807, 2.05) is 48.5 Å². The van der Waals surface area contributed by atoms with Gasteiger partial charge in [0.1, 0.15) is 5.82 Å². The van der Waals surface area contributed by atoms with Gasteiger partial charge in [0.2, 0.25) is 5.91 Å². The first-order chi connectivity index (χ1) is 15.6. The zero-order valence-corrected chi connectivity index (χ0v) is 17.0. The van der Waals surface area contributed by atoms with Crippen LogP contribution in [0.15, 0.2) is 82.4 Å². The van der Waals surface area contributed by atoms with Crippen molar-refractivity contribution in [2.45, 2.75) is 13.0 Å². The number of fused-ring (bicyclic) bond motifs is 2. The Morgan fingerprint density at radius 3 is 2.53 bits per heavy atom. The first-order valence-electron chi connectivity index (χ1n) is 10.2. The highest BCUT2D eigenvalue weighted by atomic mass is 16.2. The Labute approximate surface area is 181 Å². The monoisotopic (exact) mass is 425 g/mol. The van der Waals surface area contributed by atoms with Crippen LogP contribution in [-0.2, 0) is 11.3 Å². The summed E-state index contributed by atoms with van der Waals surface area (Å²) in [5.41, 5.74) is 2.66. The third kappa shape index (κ3) is 3.58. The van der Waals surface area contributed by atoms with Gasteiger partial charge in [0.15, 0.2) is 0 Å². The quantitative estimate of drug-likeness (QED) is 0.401. The molecule has 158 valence electrons. The maximum atomic E-state index is 12.7. The van der Waals surface area contributed by atoms with E-state index in [9.17, 15) is 14.4 Å². The van der Waals surface area contributed by atoms with Gasteiger partial charge in [-0.2, -0.15) is 0 Å². The third-order valence-electron chi connectivity index (χ3n) is 5.31. The zero-order valence-electron chi connectivity index (χ0n) is 17.0. The first kappa shape index (κ1) is 19.5. The van der Waals surface area contributed by atoms with Crippen LogP contribution in [0, 0.1) is 0 Å². The van der Waals surface area contributed by atoms with Gasteiger partial charge >= 0.3 is 5.69 Å². The molecule has 8 heteroatoms. The molecular formula is C24H19N5O3. The summed E-state index contributed by atoms with van der Waals surface area (Å²) in [6.45, 7) is 0.134. The summed E-state index contributed by atoms with van der Waals surface area (Å²) in [5, 5.41) is 3.32. The fourth-order valence-electron chi connectivity index (χ4n) is 3.77. The topological polar surface area (TPSA) is 113 Å². The summed E-state index contributed by atoms with van der Waals surface area (Å²) in [6.07, 6.45) is 0.0599. The molecule has 5 aromatic rings. The number of nitrogens with one attached hydrogen (secondary N) is 3. The van der Waals surface area contributed by atoms with E-state index >= 15 is 0 Å². The van der Waals surface area contributed by atoms with Crippen molar-refractivity contribution in [3.63, 3.8) is 0 Å². The minimum Gasteiger partial charge on any atom is -0.338 e. The van der Waals surface area contributed by atoms with Crippen molar-refractivity contribution in [2.75, 3.05) is 5.32 Å². The second-order valence-electron chi connectivity index (χ2n) is 7.37. The van der Waals surface area contributed by atoms with Gasteiger partial charge < -0.3 is 10.3 Å². The number of amides is 1. The lowest BCUT2D eigenvalue weighted by Gasteiger charge is -2.11. The first-order valence-corrected chi connectivity index (χ1v) is 10.2. The smallest absolute Gasteiger partial charge is 0.328 e. The number of para-hydroxylation sites is 4. The minimum absolute atomic E-state index is 0.0599. The van der Waals surface area contributed by atoms with E-state index in [0.29, 0.717) is 22.4 Å². The normalized spacial score (nSPS) is 11.1. The number of aromatic amines is 2. The molecule has 32 heavy (non-hydrogen) atoms. The van der Waals surface area contributed by atoms with Gasteiger partial charge in [-0.05, 0) is 36.4 Å². The molecule has 1 amide bonds. The molecule has 0 aliphatic carbocycles. The molecule has 0 saturated carbocycles. The average Bonchev–Trinajstić information content (AvgIpc) is 3.23. The largest absolute Gasteiger partial charge is 0.338 e. The third-order valence-corrected chi connectivity index (χ3v) is 5.31. The summed E-state index contributed by atoms with van der Waals surface area (Å²) < 4.78 is 1.40. The molecule has 0 radical (unpaired) electrons. The molecule has 2 heterocycles. The number of anilines is 1. The van der Waals surface area contributed by atoms with E-state index in [1.54, 1.807) is 24.3 Å². The molecule has 2 aromatic heterocycles. The maximum Gasteiger partial charge on any atom is 0.328 e. The van der Waals surface area contributed by atoms with Crippen LogP contribution >= 0.6 is 0 Å². The minimum atomic E-state index is -0.538. The number of benzene rings is 3. The fourth-order valence-corrected chi connectivity index (χ4v) is 3.77. The van der Waals surface area contributed by atoms with Gasteiger partial charge in [0, 0.05) is 18.5 Å². The van der Waals surface area contributed by atoms with Gasteiger partial charge in [-0.1, -0.05) is 36.4 Å². The number of aryl methyl sites for hydroxylation is 1. The van der Waals surface area contributed by atoms with Crippen LogP contribution in [0.25, 0.3) is 33.3 Å². The summed E-state index contributed by atoms with van der Waals surface area (Å²) >= 11 is 0. The molecule has 0 atom stereocenters. The SMILES string of the molecule is O=C(CCn1c(=O)[nH]c(=O)c2ccccc21)Nc1ccccc1-c1nc2ccccc2[nH]1. The highest BCUT2D eigenvalue weighted by molar-refractivity contribution is 5.95. The number of carbonyl (C=O) groups is 1. The number of hydrogen-bond donors (Lipinski definition) is 3. The van der Waals surface area contributed by atoms with Crippen molar-refractivity contribution in [1.82, 2.24) is 19.5 Å². The van der Waals surface area contributed by atoms with Crippen molar-refractivity contribution in [2.24, 2.45) is 0 Å². The Balaban J connectivity index is 1.39. The van der Waals surface area contributed by atoms with Gasteiger partial charge in [-0.3, -0.25) is 19.1 Å². The fraction of sp³-hybridized carbons (Fsp3) is 0.0833. The Morgan fingerprint density at radius 1 is 0.906 bits per heavy atom. The van der Waals surface area contributed by atoms with Crippen LogP contribution < -0.4 is 16.6 Å². The lowest BCUT2D eigenvalue weighted by molar-refractivity contribution is -0.116. The maximum absolute atomic E-state index is 12.7. The van der Waals surface area contributed by atoms with Gasteiger partial charge in [-0.15, -0.1) is 0 Å². The molecule has 3 N–H and O–H groups in total. The average molecular weight is 425 g/mol. The number of rotatable bonds is 5. The van der Waals surface area contributed by atoms with Gasteiger partial charge in [-0.25, -0.2) is 9.78 Å². The molecule has 5 rings (SSSR count). The van der Waals surface area contributed by atoms with Crippen LogP contribution in [0.3, 0.4) is 0 Å². The highest BCUT2D eigenvalue weighted by Crippen LogP contribution is 2.27. The van der Waals surface area contributed by atoms with Crippen LogP contribution in [0.4, 0.5) is 5.69 Å². The standard InChI is InChI=1S/C24H19N5O3/c30-21(13-14-29-20-12-6-2-8-16(20)23(31)28-24(29)32)25-17-9-3-1-7-15(17)22-26-18-10-4-5-11-19(18)27-22/h1-12H,13-14H2,(H,25,30)(H,26,27)(H,28,31,32). The lowest BCUT2D eigenvalue weighted by Crippen LogP contribution is -2.31. The van der Waals surface area contributed by atoms with Crippen molar-refractivity contribution in [1.29, 1.82) is 0 Å². The summed E-state index contributed by atoms with van der Waals surface area (Å²) in [5.74, 6) is 0.403. The van der Waals surface area contributed by atoms with Gasteiger partial charge in [0.05, 0.1) is 27.6 Å². The highest BCUT2D eigenvalue weighted by Gasteiger charge is 2.13. The number of H-pyrrole nitrogens is 2. The number of aromatic nitrogens is 4. The van der Waals surface area contributed by atoms with Gasteiger partial charge in [0.25, 0.3) is 5.56 Å². The zero-order chi connectivity index (χ0) is 22.1. The van der Waals surface area contributed by atoms with E-state index in [2.05, 4.69) is 20.3 Å². The van der Waals surface area contributed by atoms with E-state index in [4.69, 9.17) is 0 Å². The predicted octanol–water partition coefficient (Wildman–Crippen LogP) is 3.26. The van der Waals surface area contributed by atoms with Crippen molar-refractivity contribution in [3.8, 4) is 11.4 Å². The van der Waals surface area contributed by atoms with Crippen molar-refractivity contribution >= 4 is 33.5 Å². The van der Waals surface area contributed by atoms with Crippen LogP contribution in [0.2, 0.25) is 0 Å². The second kappa shape index (κ2) is 7.99. The molecular weight excluding hydrogens is 406 g/mol. The molecule has 3 aromatic carbocycles. The van der Waals surface area contributed by atoms with Crippen LogP contribution in [0.5, 0.6) is 0 Å². The van der Waals surface area contributed by atoms with E-state index in [0.717, 1.165) is 16.6 Å². The second-order valence-corrected chi connectivity index (χ2v) is 7.37. The van der Waals surface area contributed by atoms with E-state index < -0.39 is 11.2 Å². The van der Waals surface area contributed by atoms with E-state index in [1.165, 1.54) is 4.57 Å². The molecule has 0 spiro atoms. The Hall–Kier alpha value is -4.46. The number of nitrogens with zero attached hydrogens (tertiary/aromatic N) is 2. The Morgan fingerprint density at radius 2 is 1.66 bits per heavy atom. The summed E-state index contributed by atoms with van der Waals surface area (Å²) in [6, 6.07) is 21.9. The number of imidazole rings is 1. The van der Waals surface area contributed by atoms with E-state index in [-0.39, 0.29) is 18.9 Å². The molecule has 0 saturated heterocycles. The van der Waals surface area contributed by atoms with Crippen molar-refractivity contribution < 1.29 is 4.79 Å². The molecule has 0 aliphatic rings. The summed E-state index contributed by atoms with van der Waals surface area (Å²) in [7, 11) is 0. The van der Waals surface area contributed by atoms with Crippen LogP contribution in [-0.4, -0.2) is 25.4 Å². The molecule has 0 fully saturated rings. The summed E-state index contributed by atoms with van der Waals surface area (Å²) in [4.78, 5) is 47.2. The number of carbonyl (C=O) groups excluding carboxylic acids is 1.